The number of halogens is 1. The van der Waals surface area contributed by atoms with Crippen LogP contribution in [0.4, 0.5) is 5.69 Å². The van der Waals surface area contributed by atoms with Crippen molar-refractivity contribution in [1.82, 2.24) is 0 Å². The number of hydrogen-bond donors (Lipinski definition) is 2. The first-order chi connectivity index (χ1) is 8.90. The maximum Gasteiger partial charge on any atom is 0.261 e. The van der Waals surface area contributed by atoms with Crippen LogP contribution in [-0.2, 0) is 10.0 Å². The Balaban J connectivity index is 2.36. The molecule has 0 unspecified atom stereocenters. The molecule has 0 spiro atoms. The van der Waals surface area contributed by atoms with E-state index in [1.807, 2.05) is 0 Å². The van der Waals surface area contributed by atoms with Gasteiger partial charge in [-0.05, 0) is 43.3 Å². The zero-order valence-corrected chi connectivity index (χ0v) is 11.7. The fourth-order valence-corrected chi connectivity index (χ4v) is 2.80. The molecule has 0 fully saturated rings. The van der Waals surface area contributed by atoms with Gasteiger partial charge in [0.15, 0.2) is 0 Å². The summed E-state index contributed by atoms with van der Waals surface area (Å²) in [7, 11) is -3.69. The molecule has 6 heteroatoms. The Labute approximate surface area is 116 Å². The Morgan fingerprint density at radius 1 is 1.11 bits per heavy atom. The molecule has 2 aromatic rings. The van der Waals surface area contributed by atoms with Gasteiger partial charge < -0.3 is 5.11 Å². The minimum absolute atomic E-state index is 0.0382. The van der Waals surface area contributed by atoms with E-state index in [0.29, 0.717) is 16.3 Å². The fraction of sp³-hybridized carbons (Fsp3) is 0.0769. The fourth-order valence-electron chi connectivity index (χ4n) is 1.55. The van der Waals surface area contributed by atoms with Crippen molar-refractivity contribution in [3.63, 3.8) is 0 Å². The summed E-state index contributed by atoms with van der Waals surface area (Å²) in [6, 6.07) is 10.5. The van der Waals surface area contributed by atoms with E-state index < -0.39 is 10.0 Å². The smallest absolute Gasteiger partial charge is 0.261 e. The summed E-state index contributed by atoms with van der Waals surface area (Å²) >= 11 is 5.72. The van der Waals surface area contributed by atoms with E-state index in [2.05, 4.69) is 4.72 Å². The van der Waals surface area contributed by atoms with Gasteiger partial charge in [-0.2, -0.15) is 0 Å². The quantitative estimate of drug-likeness (QED) is 0.914. The van der Waals surface area contributed by atoms with Gasteiger partial charge in [-0.25, -0.2) is 8.42 Å². The van der Waals surface area contributed by atoms with E-state index >= 15 is 0 Å². The van der Waals surface area contributed by atoms with E-state index in [9.17, 15) is 13.5 Å². The number of nitrogens with one attached hydrogen (secondary N) is 1. The van der Waals surface area contributed by atoms with Gasteiger partial charge in [-0.1, -0.05) is 17.7 Å². The molecule has 2 rings (SSSR count). The van der Waals surface area contributed by atoms with E-state index in [0.717, 1.165) is 0 Å². The number of phenols is 1. The predicted molar refractivity (Wildman–Crippen MR) is 75.1 cm³/mol. The van der Waals surface area contributed by atoms with Crippen molar-refractivity contribution in [3.8, 4) is 5.75 Å². The summed E-state index contributed by atoms with van der Waals surface area (Å²) in [4.78, 5) is 0.111. The molecule has 2 N–H and O–H groups in total. The Kier molecular flexibility index (Phi) is 3.68. The highest BCUT2D eigenvalue weighted by Crippen LogP contribution is 2.26. The minimum Gasteiger partial charge on any atom is -0.508 e. The van der Waals surface area contributed by atoms with Crippen LogP contribution in [0.15, 0.2) is 47.4 Å². The molecule has 0 aromatic heterocycles. The molecule has 2 aromatic carbocycles. The molecule has 0 bridgehead atoms. The van der Waals surface area contributed by atoms with Gasteiger partial charge in [0.25, 0.3) is 10.0 Å². The second-order valence-corrected chi connectivity index (χ2v) is 6.13. The highest BCUT2D eigenvalue weighted by atomic mass is 35.5. The molecule has 0 saturated heterocycles. The van der Waals surface area contributed by atoms with Gasteiger partial charge in [0.2, 0.25) is 0 Å². The number of benzene rings is 2. The van der Waals surface area contributed by atoms with Crippen LogP contribution in [0.2, 0.25) is 5.02 Å². The number of hydrogen-bond acceptors (Lipinski definition) is 3. The Morgan fingerprint density at radius 2 is 1.74 bits per heavy atom. The first-order valence-corrected chi connectivity index (χ1v) is 7.33. The average molecular weight is 298 g/mol. The van der Waals surface area contributed by atoms with Crippen molar-refractivity contribution >= 4 is 27.3 Å². The standard InChI is InChI=1S/C13H12ClNO3S/c1-9-12(3-2-4-13(9)16)15-19(17,18)11-7-5-10(14)6-8-11/h2-8,15-16H,1H3. The molecule has 0 aliphatic rings. The lowest BCUT2D eigenvalue weighted by molar-refractivity contribution is 0.471. The Hall–Kier alpha value is -1.72. The molecule has 0 atom stereocenters. The number of rotatable bonds is 3. The minimum atomic E-state index is -3.69. The van der Waals surface area contributed by atoms with Crippen molar-refractivity contribution in [2.45, 2.75) is 11.8 Å². The summed E-state index contributed by atoms with van der Waals surface area (Å²) in [5, 5.41) is 10.0. The third kappa shape index (κ3) is 3.00. The highest BCUT2D eigenvalue weighted by molar-refractivity contribution is 7.92. The lowest BCUT2D eigenvalue weighted by Gasteiger charge is -2.11. The molecule has 4 nitrogen and oxygen atoms in total. The Morgan fingerprint density at radius 3 is 2.37 bits per heavy atom. The summed E-state index contributed by atoms with van der Waals surface area (Å²) in [5.74, 6) is 0.0382. The van der Waals surface area contributed by atoms with Gasteiger partial charge >= 0.3 is 0 Å². The molecule has 0 aliphatic carbocycles. The van der Waals surface area contributed by atoms with Crippen LogP contribution in [0.1, 0.15) is 5.56 Å². The number of anilines is 1. The van der Waals surface area contributed by atoms with Crippen LogP contribution < -0.4 is 4.72 Å². The number of phenolic OH excluding ortho intramolecular Hbond substituents is 1. The summed E-state index contributed by atoms with van der Waals surface area (Å²) in [6.45, 7) is 1.63. The van der Waals surface area contributed by atoms with Crippen LogP contribution >= 0.6 is 11.6 Å². The first-order valence-electron chi connectivity index (χ1n) is 5.47. The highest BCUT2D eigenvalue weighted by Gasteiger charge is 2.15. The molecule has 100 valence electrons. The van der Waals surface area contributed by atoms with E-state index in [1.54, 1.807) is 19.1 Å². The van der Waals surface area contributed by atoms with Crippen LogP contribution in [0.3, 0.4) is 0 Å². The second-order valence-electron chi connectivity index (χ2n) is 4.01. The van der Waals surface area contributed by atoms with Crippen molar-refractivity contribution < 1.29 is 13.5 Å². The van der Waals surface area contributed by atoms with Gasteiger partial charge in [0.1, 0.15) is 5.75 Å². The zero-order chi connectivity index (χ0) is 14.0. The molecular formula is C13H12ClNO3S. The lowest BCUT2D eigenvalue weighted by Crippen LogP contribution is -2.13. The van der Waals surface area contributed by atoms with Gasteiger partial charge in [0.05, 0.1) is 10.6 Å². The average Bonchev–Trinajstić information content (AvgIpc) is 2.35. The van der Waals surface area contributed by atoms with E-state index in [4.69, 9.17) is 11.6 Å². The lowest BCUT2D eigenvalue weighted by atomic mass is 10.2. The van der Waals surface area contributed by atoms with Crippen molar-refractivity contribution in [1.29, 1.82) is 0 Å². The van der Waals surface area contributed by atoms with Crippen LogP contribution in [-0.4, -0.2) is 13.5 Å². The van der Waals surface area contributed by atoms with E-state index in [-0.39, 0.29) is 10.6 Å². The molecule has 0 saturated carbocycles. The molecule has 0 aliphatic heterocycles. The summed E-state index contributed by atoms with van der Waals surface area (Å²) in [5.41, 5.74) is 0.815. The van der Waals surface area contributed by atoms with Crippen LogP contribution in [0.5, 0.6) is 5.75 Å². The molecule has 0 heterocycles. The molecular weight excluding hydrogens is 286 g/mol. The van der Waals surface area contributed by atoms with Gasteiger partial charge in [-0.3, -0.25) is 4.72 Å². The monoisotopic (exact) mass is 297 g/mol. The predicted octanol–water partition coefficient (Wildman–Crippen LogP) is 3.15. The largest absolute Gasteiger partial charge is 0.508 e. The molecule has 0 amide bonds. The van der Waals surface area contributed by atoms with Crippen molar-refractivity contribution in [3.05, 3.63) is 53.1 Å². The third-order valence-electron chi connectivity index (χ3n) is 2.67. The maximum atomic E-state index is 12.1. The van der Waals surface area contributed by atoms with Crippen molar-refractivity contribution in [2.75, 3.05) is 4.72 Å². The number of aromatic hydroxyl groups is 1. The van der Waals surface area contributed by atoms with Crippen LogP contribution in [0, 0.1) is 6.92 Å². The molecule has 0 radical (unpaired) electrons. The topological polar surface area (TPSA) is 66.4 Å². The summed E-state index contributed by atoms with van der Waals surface area (Å²) in [6.07, 6.45) is 0. The zero-order valence-electron chi connectivity index (χ0n) is 10.1. The first kappa shape index (κ1) is 13.7. The molecule has 19 heavy (non-hydrogen) atoms. The Bertz CT molecular complexity index is 696. The van der Waals surface area contributed by atoms with Gasteiger partial charge in [0, 0.05) is 10.6 Å². The van der Waals surface area contributed by atoms with Crippen molar-refractivity contribution in [2.24, 2.45) is 0 Å². The summed E-state index contributed by atoms with van der Waals surface area (Å²) < 4.78 is 26.7. The maximum absolute atomic E-state index is 12.1. The van der Waals surface area contributed by atoms with E-state index in [1.165, 1.54) is 30.3 Å². The normalized spacial score (nSPS) is 11.3. The van der Waals surface area contributed by atoms with Gasteiger partial charge in [-0.15, -0.1) is 0 Å². The third-order valence-corrected chi connectivity index (χ3v) is 4.31. The number of sulfonamides is 1. The second kappa shape index (κ2) is 5.11. The SMILES string of the molecule is Cc1c(O)cccc1NS(=O)(=O)c1ccc(Cl)cc1. The van der Waals surface area contributed by atoms with Crippen LogP contribution in [0.25, 0.3) is 0 Å².